The minimum atomic E-state index is -0.911. The van der Waals surface area contributed by atoms with Crippen molar-refractivity contribution in [3.63, 3.8) is 0 Å². The van der Waals surface area contributed by atoms with Crippen LogP contribution in [0, 0.1) is 12.7 Å². The predicted octanol–water partition coefficient (Wildman–Crippen LogP) is 6.19. The first-order valence-corrected chi connectivity index (χ1v) is 17.7. The van der Waals surface area contributed by atoms with E-state index in [1.54, 1.807) is 49.7 Å². The topological polar surface area (TPSA) is 100 Å². The number of carbonyl (C=O) groups excluding carboxylic acids is 1. The number of alkyl halides is 1. The first kappa shape index (κ1) is 32.1. The van der Waals surface area contributed by atoms with Gasteiger partial charge < -0.3 is 14.5 Å². The van der Waals surface area contributed by atoms with Gasteiger partial charge >= 0.3 is 6.01 Å². The Bertz CT molecular complexity index is 2220. The summed E-state index contributed by atoms with van der Waals surface area (Å²) in [5.41, 5.74) is 1.01. The summed E-state index contributed by atoms with van der Waals surface area (Å²) < 4.78 is 37.8. The molecule has 4 atom stereocenters. The highest BCUT2D eigenvalue weighted by Crippen LogP contribution is 2.44. The molecule has 51 heavy (non-hydrogen) atoms. The molecule has 5 aromatic rings. The van der Waals surface area contributed by atoms with Gasteiger partial charge in [0, 0.05) is 60.5 Å². The molecule has 0 spiro atoms. The van der Waals surface area contributed by atoms with Crippen molar-refractivity contribution in [2.24, 2.45) is 0 Å². The lowest BCUT2D eigenvalue weighted by Crippen LogP contribution is -2.70. The standard InChI is InChI=1S/C38H35ClF2N8O2/c1-22-42-13-11-25(44-22)9-10-31(50)47-19-26-15-27(20-47)49(26)36-29-17-43-34(28-7-2-5-23-6-3-8-30(39)32(23)28)33(41)35(29)45-37(46-36)51-21-38-12-4-14-48(38)18-24(40)16-38/h2-3,5-11,13,17,24,26-27H,4,12,14-16,18-21H2,1H3/b10-9+/t24-,26?,27?,38+/m1/s1. The van der Waals surface area contributed by atoms with Gasteiger partial charge in [0.05, 0.1) is 28.7 Å². The number of ether oxygens (including phenoxy) is 1. The zero-order valence-electron chi connectivity index (χ0n) is 28.0. The molecule has 2 bridgehead atoms. The fraction of sp³-hybridized carbons (Fsp3) is 0.368. The number of fused-ring (bicyclic) bond motifs is 5. The quantitative estimate of drug-likeness (QED) is 0.183. The number of hydrogen-bond donors (Lipinski definition) is 0. The zero-order chi connectivity index (χ0) is 34.9. The number of aryl methyl sites for hydroxylation is 1. The molecule has 5 aliphatic heterocycles. The van der Waals surface area contributed by atoms with E-state index in [1.165, 1.54) is 0 Å². The molecule has 0 radical (unpaired) electrons. The molecule has 5 fully saturated rings. The molecular formula is C38H35ClF2N8O2. The minimum Gasteiger partial charge on any atom is -0.461 e. The number of nitrogens with zero attached hydrogens (tertiary/aromatic N) is 8. The van der Waals surface area contributed by atoms with E-state index in [-0.39, 0.29) is 41.8 Å². The molecule has 1 amide bonds. The SMILES string of the molecule is Cc1nccc(/C=C/C(=O)N2CC3CC(C2)N3c2nc(OC[C@@]34CCCN3C[C@H](F)C4)nc3c(F)c(-c4cccc5cccc(Cl)c45)ncc23)n1. The molecule has 13 heteroatoms. The number of halogens is 3. The van der Waals surface area contributed by atoms with Crippen LogP contribution in [0.3, 0.4) is 0 Å². The molecule has 260 valence electrons. The number of piperazine rings is 1. The van der Waals surface area contributed by atoms with Gasteiger partial charge in [0.25, 0.3) is 0 Å². The van der Waals surface area contributed by atoms with Crippen LogP contribution in [0.2, 0.25) is 5.02 Å². The van der Waals surface area contributed by atoms with Crippen molar-refractivity contribution in [3.05, 3.63) is 83.3 Å². The third-order valence-corrected chi connectivity index (χ3v) is 11.2. The maximum atomic E-state index is 16.9. The number of piperidine rings is 1. The van der Waals surface area contributed by atoms with Crippen molar-refractivity contribution >= 4 is 51.1 Å². The van der Waals surface area contributed by atoms with E-state index in [4.69, 9.17) is 21.3 Å². The predicted molar refractivity (Wildman–Crippen MR) is 191 cm³/mol. The molecule has 5 saturated heterocycles. The van der Waals surface area contributed by atoms with Crippen LogP contribution in [0.25, 0.3) is 39.0 Å². The van der Waals surface area contributed by atoms with Crippen LogP contribution in [0.4, 0.5) is 14.6 Å². The van der Waals surface area contributed by atoms with Crippen molar-refractivity contribution in [3.8, 4) is 17.3 Å². The molecule has 3 aromatic heterocycles. The van der Waals surface area contributed by atoms with E-state index in [9.17, 15) is 9.18 Å². The third-order valence-electron chi connectivity index (χ3n) is 10.9. The summed E-state index contributed by atoms with van der Waals surface area (Å²) in [5.74, 6) is 0.437. The Balaban J connectivity index is 1.07. The lowest BCUT2D eigenvalue weighted by atomic mass is 9.87. The number of aromatic nitrogens is 5. The maximum absolute atomic E-state index is 16.9. The second-order valence-corrected chi connectivity index (χ2v) is 14.5. The number of amides is 1. The van der Waals surface area contributed by atoms with Gasteiger partial charge in [-0.1, -0.05) is 41.9 Å². The Kier molecular flexibility index (Phi) is 7.84. The van der Waals surface area contributed by atoms with Gasteiger partial charge in [-0.15, -0.1) is 0 Å². The molecular weight excluding hydrogens is 674 g/mol. The fourth-order valence-corrected chi connectivity index (χ4v) is 8.86. The van der Waals surface area contributed by atoms with E-state index in [1.807, 2.05) is 29.2 Å². The first-order valence-electron chi connectivity index (χ1n) is 17.4. The average Bonchev–Trinajstić information content (AvgIpc) is 3.66. The Hall–Kier alpha value is -4.81. The van der Waals surface area contributed by atoms with Gasteiger partial charge in [-0.3, -0.25) is 14.7 Å². The highest BCUT2D eigenvalue weighted by molar-refractivity contribution is 6.36. The summed E-state index contributed by atoms with van der Waals surface area (Å²) in [4.78, 5) is 42.0. The van der Waals surface area contributed by atoms with Crippen LogP contribution < -0.4 is 9.64 Å². The summed E-state index contributed by atoms with van der Waals surface area (Å²) in [5, 5.41) is 2.51. The second-order valence-electron chi connectivity index (χ2n) is 14.1. The van der Waals surface area contributed by atoms with Crippen LogP contribution in [-0.4, -0.2) is 97.2 Å². The number of benzene rings is 2. The fourth-order valence-electron chi connectivity index (χ4n) is 8.58. The van der Waals surface area contributed by atoms with E-state index < -0.39 is 17.5 Å². The van der Waals surface area contributed by atoms with Gasteiger partial charge in [-0.25, -0.2) is 18.7 Å². The van der Waals surface area contributed by atoms with Crippen molar-refractivity contribution in [1.29, 1.82) is 0 Å². The molecule has 10 nitrogen and oxygen atoms in total. The monoisotopic (exact) mass is 708 g/mol. The van der Waals surface area contributed by atoms with Crippen LogP contribution in [0.5, 0.6) is 6.01 Å². The van der Waals surface area contributed by atoms with Crippen LogP contribution in [-0.2, 0) is 4.79 Å². The number of pyridine rings is 1. The van der Waals surface area contributed by atoms with E-state index in [0.29, 0.717) is 64.7 Å². The third kappa shape index (κ3) is 5.55. The summed E-state index contributed by atoms with van der Waals surface area (Å²) in [7, 11) is 0. The lowest BCUT2D eigenvalue weighted by Gasteiger charge is -2.56. The van der Waals surface area contributed by atoms with E-state index in [0.717, 1.165) is 31.2 Å². The van der Waals surface area contributed by atoms with Crippen LogP contribution in [0.15, 0.2) is 60.9 Å². The van der Waals surface area contributed by atoms with E-state index >= 15 is 4.39 Å². The highest BCUT2D eigenvalue weighted by atomic mass is 35.5. The van der Waals surface area contributed by atoms with Crippen LogP contribution >= 0.6 is 11.6 Å². The van der Waals surface area contributed by atoms with Crippen molar-refractivity contribution < 1.29 is 18.3 Å². The number of carbonyl (C=O) groups is 1. The average molecular weight is 709 g/mol. The Morgan fingerprint density at radius 1 is 1.08 bits per heavy atom. The highest BCUT2D eigenvalue weighted by Gasteiger charge is 2.50. The smallest absolute Gasteiger partial charge is 0.319 e. The maximum Gasteiger partial charge on any atom is 0.319 e. The number of anilines is 1. The van der Waals surface area contributed by atoms with Gasteiger partial charge in [-0.05, 0) is 56.3 Å². The number of rotatable bonds is 7. The minimum absolute atomic E-state index is 0.0361. The van der Waals surface area contributed by atoms with Gasteiger partial charge in [-0.2, -0.15) is 9.97 Å². The normalized spacial score (nSPS) is 24.4. The Morgan fingerprint density at radius 3 is 2.73 bits per heavy atom. The summed E-state index contributed by atoms with van der Waals surface area (Å²) in [6.45, 7) is 4.18. The molecule has 0 aliphatic carbocycles. The van der Waals surface area contributed by atoms with Crippen molar-refractivity contribution in [2.75, 3.05) is 37.7 Å². The molecule has 5 aliphatic rings. The van der Waals surface area contributed by atoms with E-state index in [2.05, 4.69) is 29.7 Å². The molecule has 8 heterocycles. The van der Waals surface area contributed by atoms with Gasteiger partial charge in [0.1, 0.15) is 35.6 Å². The second kappa shape index (κ2) is 12.4. The number of hydrogen-bond acceptors (Lipinski definition) is 9. The largest absolute Gasteiger partial charge is 0.461 e. The Morgan fingerprint density at radius 2 is 1.90 bits per heavy atom. The van der Waals surface area contributed by atoms with Crippen molar-refractivity contribution in [2.45, 2.75) is 56.4 Å². The Labute approximate surface area is 298 Å². The molecule has 2 unspecified atom stereocenters. The van der Waals surface area contributed by atoms with Crippen LogP contribution in [0.1, 0.15) is 37.2 Å². The van der Waals surface area contributed by atoms with Crippen molar-refractivity contribution in [1.82, 2.24) is 34.7 Å². The zero-order valence-corrected chi connectivity index (χ0v) is 28.7. The molecule has 0 N–H and O–H groups in total. The first-order chi connectivity index (χ1) is 24.8. The van der Waals surface area contributed by atoms with Gasteiger partial charge in [0.15, 0.2) is 5.82 Å². The summed E-state index contributed by atoms with van der Waals surface area (Å²) in [6.07, 6.45) is 8.66. The summed E-state index contributed by atoms with van der Waals surface area (Å²) in [6, 6.07) is 12.8. The van der Waals surface area contributed by atoms with Gasteiger partial charge in [0.2, 0.25) is 5.91 Å². The lowest BCUT2D eigenvalue weighted by molar-refractivity contribution is -0.128. The summed E-state index contributed by atoms with van der Waals surface area (Å²) >= 11 is 6.63. The molecule has 0 saturated carbocycles. The molecule has 10 rings (SSSR count). The molecule has 2 aromatic carbocycles.